The maximum Gasteiger partial charge on any atom is 0.387 e. The SMILES string of the molecule is C=CC(=O)N1CC[C@@H](N(C)c2nc(OC[C@@]34CCCN3C[C@H](F)C4)nc3c(F)c(-c4cc(OC(F)F)cc5ccccc45)ncc23)C1. The van der Waals surface area contributed by atoms with Gasteiger partial charge in [-0.15, -0.1) is 0 Å². The molecule has 0 spiro atoms. The minimum absolute atomic E-state index is 0.0706. The molecule has 3 atom stereocenters. The summed E-state index contributed by atoms with van der Waals surface area (Å²) < 4.78 is 68.5. The standard InChI is InChI=1S/C34H34F4N6O3/c1-3-27(45)43-12-9-22(18-43)42(2)31-26-16-39-29(25-14-23(47-32(37)38)13-20-7-4-5-8-24(20)25)28(36)30(26)40-33(41-31)46-19-34-10-6-11-44(34)17-21(35)15-34/h3-5,7-8,13-14,16,21-22,32H,1,6,9-12,15,17-19H2,2H3/t21-,22-,34+/m1/s1. The highest BCUT2D eigenvalue weighted by atomic mass is 19.3. The molecule has 3 aliphatic heterocycles. The molecule has 3 aliphatic rings. The molecule has 9 nitrogen and oxygen atoms in total. The summed E-state index contributed by atoms with van der Waals surface area (Å²) >= 11 is 0. The van der Waals surface area contributed by atoms with Gasteiger partial charge in [0.25, 0.3) is 0 Å². The number of anilines is 1. The van der Waals surface area contributed by atoms with Crippen LogP contribution in [0.2, 0.25) is 0 Å². The van der Waals surface area contributed by atoms with E-state index >= 15 is 4.39 Å². The third kappa shape index (κ3) is 5.70. The molecule has 246 valence electrons. The number of amides is 1. The van der Waals surface area contributed by atoms with Gasteiger partial charge >= 0.3 is 12.6 Å². The van der Waals surface area contributed by atoms with Gasteiger partial charge in [0.2, 0.25) is 5.91 Å². The van der Waals surface area contributed by atoms with Gasteiger partial charge in [-0.3, -0.25) is 14.7 Å². The van der Waals surface area contributed by atoms with Crippen LogP contribution in [0.3, 0.4) is 0 Å². The Morgan fingerprint density at radius 3 is 2.83 bits per heavy atom. The Labute approximate surface area is 268 Å². The number of carbonyl (C=O) groups is 1. The first-order chi connectivity index (χ1) is 22.7. The van der Waals surface area contributed by atoms with Gasteiger partial charge in [0, 0.05) is 50.9 Å². The molecule has 2 aromatic heterocycles. The lowest BCUT2D eigenvalue weighted by atomic mass is 9.95. The van der Waals surface area contributed by atoms with Gasteiger partial charge in [0.1, 0.15) is 35.6 Å². The Morgan fingerprint density at radius 1 is 1.19 bits per heavy atom. The molecule has 47 heavy (non-hydrogen) atoms. The molecule has 13 heteroatoms. The van der Waals surface area contributed by atoms with Crippen molar-refractivity contribution in [1.29, 1.82) is 0 Å². The molecule has 7 rings (SSSR count). The van der Waals surface area contributed by atoms with Crippen LogP contribution in [0.15, 0.2) is 55.3 Å². The number of benzene rings is 2. The van der Waals surface area contributed by atoms with E-state index in [1.54, 1.807) is 29.2 Å². The Bertz CT molecular complexity index is 1860. The van der Waals surface area contributed by atoms with Crippen LogP contribution >= 0.6 is 0 Å². The highest BCUT2D eigenvalue weighted by molar-refractivity contribution is 6.00. The number of pyridine rings is 1. The van der Waals surface area contributed by atoms with E-state index in [4.69, 9.17) is 14.5 Å². The molecule has 0 unspecified atom stereocenters. The van der Waals surface area contributed by atoms with Crippen LogP contribution in [0.25, 0.3) is 32.9 Å². The molecule has 0 bridgehead atoms. The minimum atomic E-state index is -3.07. The first kappa shape index (κ1) is 31.1. The molecule has 0 N–H and O–H groups in total. The Hall–Kier alpha value is -4.52. The Morgan fingerprint density at radius 2 is 2.02 bits per heavy atom. The van der Waals surface area contributed by atoms with E-state index in [-0.39, 0.29) is 47.1 Å². The van der Waals surface area contributed by atoms with Gasteiger partial charge in [-0.2, -0.15) is 18.7 Å². The van der Waals surface area contributed by atoms with Gasteiger partial charge < -0.3 is 19.3 Å². The van der Waals surface area contributed by atoms with Crippen molar-refractivity contribution in [2.45, 2.75) is 50.0 Å². The number of likely N-dealkylation sites (N-methyl/N-ethyl adjacent to an activating group) is 1. The van der Waals surface area contributed by atoms with Crippen molar-refractivity contribution < 1.29 is 31.8 Å². The fourth-order valence-corrected chi connectivity index (χ4v) is 7.40. The summed E-state index contributed by atoms with van der Waals surface area (Å²) in [5.41, 5.74) is -0.401. The molecule has 5 heterocycles. The van der Waals surface area contributed by atoms with Gasteiger partial charge in [0.05, 0.1) is 10.9 Å². The lowest BCUT2D eigenvalue weighted by Crippen LogP contribution is -2.43. The zero-order chi connectivity index (χ0) is 32.9. The zero-order valence-electron chi connectivity index (χ0n) is 25.8. The van der Waals surface area contributed by atoms with Crippen molar-refractivity contribution in [1.82, 2.24) is 24.8 Å². The second kappa shape index (κ2) is 12.3. The van der Waals surface area contributed by atoms with E-state index in [2.05, 4.69) is 21.4 Å². The highest BCUT2D eigenvalue weighted by Crippen LogP contribution is 2.41. The summed E-state index contributed by atoms with van der Waals surface area (Å²) in [6, 6.07) is 9.55. The number of nitrogens with zero attached hydrogens (tertiary/aromatic N) is 6. The third-order valence-corrected chi connectivity index (χ3v) is 9.72. The highest BCUT2D eigenvalue weighted by Gasteiger charge is 2.49. The summed E-state index contributed by atoms with van der Waals surface area (Å²) in [5.74, 6) is -0.742. The number of alkyl halides is 3. The first-order valence-corrected chi connectivity index (χ1v) is 15.7. The normalized spacial score (nSPS) is 22.7. The van der Waals surface area contributed by atoms with Crippen LogP contribution in [0.4, 0.5) is 23.4 Å². The molecule has 3 fully saturated rings. The van der Waals surface area contributed by atoms with Gasteiger partial charge in [-0.25, -0.2) is 8.78 Å². The zero-order valence-corrected chi connectivity index (χ0v) is 25.8. The molecule has 1 amide bonds. The van der Waals surface area contributed by atoms with Crippen LogP contribution in [-0.2, 0) is 4.79 Å². The summed E-state index contributed by atoms with van der Waals surface area (Å²) in [4.78, 5) is 31.7. The van der Waals surface area contributed by atoms with Crippen LogP contribution in [0.1, 0.15) is 25.7 Å². The average molecular weight is 651 g/mol. The molecule has 2 aromatic carbocycles. The van der Waals surface area contributed by atoms with Crippen LogP contribution in [0, 0.1) is 5.82 Å². The Balaban J connectivity index is 1.33. The van der Waals surface area contributed by atoms with E-state index in [0.29, 0.717) is 54.5 Å². The van der Waals surface area contributed by atoms with E-state index in [0.717, 1.165) is 19.4 Å². The molecule has 3 saturated heterocycles. The van der Waals surface area contributed by atoms with Crippen LogP contribution in [-0.4, -0.2) is 94.9 Å². The maximum atomic E-state index is 16.8. The summed E-state index contributed by atoms with van der Waals surface area (Å²) in [6.07, 6.45) is 4.47. The number of likely N-dealkylation sites (tertiary alicyclic amines) is 1. The topological polar surface area (TPSA) is 83.9 Å². The third-order valence-electron chi connectivity index (χ3n) is 9.72. The van der Waals surface area contributed by atoms with Crippen molar-refractivity contribution >= 4 is 33.4 Å². The summed E-state index contributed by atoms with van der Waals surface area (Å²) in [5, 5.41) is 1.46. The first-order valence-electron chi connectivity index (χ1n) is 15.7. The largest absolute Gasteiger partial charge is 0.461 e. The Kier molecular flexibility index (Phi) is 8.11. The second-order valence-corrected chi connectivity index (χ2v) is 12.5. The van der Waals surface area contributed by atoms with Crippen molar-refractivity contribution in [3.05, 3.63) is 61.1 Å². The lowest BCUT2D eigenvalue weighted by Gasteiger charge is -2.31. The molecule has 0 radical (unpaired) electrons. The molecule has 0 aliphatic carbocycles. The monoisotopic (exact) mass is 650 g/mol. The maximum absolute atomic E-state index is 16.8. The van der Waals surface area contributed by atoms with Crippen molar-refractivity contribution in [3.8, 4) is 23.0 Å². The number of halogens is 4. The number of aromatic nitrogens is 3. The average Bonchev–Trinajstić information content (AvgIpc) is 3.77. The van der Waals surface area contributed by atoms with Crippen LogP contribution in [0.5, 0.6) is 11.8 Å². The van der Waals surface area contributed by atoms with Gasteiger partial charge in [0.15, 0.2) is 5.82 Å². The van der Waals surface area contributed by atoms with Gasteiger partial charge in [-0.05, 0) is 54.8 Å². The molecule has 0 saturated carbocycles. The molecular formula is C34H34F4N6O3. The predicted molar refractivity (Wildman–Crippen MR) is 169 cm³/mol. The van der Waals surface area contributed by atoms with E-state index < -0.39 is 24.1 Å². The molecular weight excluding hydrogens is 616 g/mol. The fraction of sp³-hybridized carbons (Fsp3) is 0.412. The number of hydrogen-bond acceptors (Lipinski definition) is 8. The summed E-state index contributed by atoms with van der Waals surface area (Å²) in [7, 11) is 1.81. The van der Waals surface area contributed by atoms with Crippen LogP contribution < -0.4 is 14.4 Å². The van der Waals surface area contributed by atoms with E-state index in [1.165, 1.54) is 24.4 Å². The van der Waals surface area contributed by atoms with E-state index in [9.17, 15) is 18.0 Å². The van der Waals surface area contributed by atoms with Crippen molar-refractivity contribution in [2.75, 3.05) is 44.7 Å². The van der Waals surface area contributed by atoms with E-state index in [1.807, 2.05) is 11.9 Å². The van der Waals surface area contributed by atoms with Gasteiger partial charge in [-0.1, -0.05) is 30.8 Å². The molecule has 4 aromatic rings. The number of rotatable bonds is 9. The smallest absolute Gasteiger partial charge is 0.387 e. The minimum Gasteiger partial charge on any atom is -0.461 e. The second-order valence-electron chi connectivity index (χ2n) is 12.5. The van der Waals surface area contributed by atoms with Crippen molar-refractivity contribution in [3.63, 3.8) is 0 Å². The fourth-order valence-electron chi connectivity index (χ4n) is 7.40. The number of hydrogen-bond donors (Lipinski definition) is 0. The lowest BCUT2D eigenvalue weighted by molar-refractivity contribution is -0.125. The quantitative estimate of drug-likeness (QED) is 0.167. The number of ether oxygens (including phenoxy) is 2. The number of carbonyl (C=O) groups excluding carboxylic acids is 1. The summed E-state index contributed by atoms with van der Waals surface area (Å²) in [6.45, 7) is 2.73. The predicted octanol–water partition coefficient (Wildman–Crippen LogP) is 5.76. The number of fused-ring (bicyclic) bond motifs is 3. The van der Waals surface area contributed by atoms with Crippen molar-refractivity contribution in [2.24, 2.45) is 0 Å².